The Balaban J connectivity index is 1.51. The molecule has 1 N–H and O–H groups in total. The van der Waals surface area contributed by atoms with Crippen LogP contribution in [0.2, 0.25) is 0 Å². The molecule has 0 saturated carbocycles. The van der Waals surface area contributed by atoms with E-state index in [-0.39, 0.29) is 5.97 Å². The zero-order valence-electron chi connectivity index (χ0n) is 22.1. The molecule has 192 valence electrons. The Morgan fingerprint density at radius 3 is 2.42 bits per heavy atom. The number of fused-ring (bicyclic) bond motifs is 6. The van der Waals surface area contributed by atoms with Crippen molar-refractivity contribution in [1.82, 2.24) is 0 Å². The highest BCUT2D eigenvalue weighted by atomic mass is 16.6. The summed E-state index contributed by atoms with van der Waals surface area (Å²) in [6.07, 6.45) is 3.53. The standard InChI is InChI=1S/C33H32N2O3/c1-4-5-11-18-35(3)24-16-17-27-31(20-24)37-30-19-22(2)29(34-23-12-7-6-8-13-23)21-28(30)33(27)26-15-10-9-14-25(26)32(36)38-33/h6-10,12-17,19-21,34H,4-5,11,18H2,1-3H3. The number of para-hydroxylation sites is 1. The Morgan fingerprint density at radius 2 is 1.61 bits per heavy atom. The number of nitrogens with zero attached hydrogens (tertiary/aromatic N) is 1. The van der Waals surface area contributed by atoms with E-state index in [1.165, 1.54) is 12.8 Å². The number of hydrogen-bond donors (Lipinski definition) is 1. The van der Waals surface area contributed by atoms with Crippen molar-refractivity contribution in [2.24, 2.45) is 0 Å². The fraction of sp³-hybridized carbons (Fsp3) is 0.242. The Kier molecular flexibility index (Phi) is 6.07. The minimum atomic E-state index is -1.09. The van der Waals surface area contributed by atoms with Crippen molar-refractivity contribution >= 4 is 23.0 Å². The van der Waals surface area contributed by atoms with Crippen molar-refractivity contribution in [2.45, 2.75) is 38.7 Å². The molecule has 1 atom stereocenters. The van der Waals surface area contributed by atoms with Gasteiger partial charge in [0, 0.05) is 53.4 Å². The Labute approximate surface area is 224 Å². The Bertz CT molecular complexity index is 1510. The number of carbonyl (C=O) groups excluding carboxylic acids is 1. The number of carbonyl (C=O) groups is 1. The quantitative estimate of drug-likeness (QED) is 0.205. The van der Waals surface area contributed by atoms with Gasteiger partial charge >= 0.3 is 5.97 Å². The smallest absolute Gasteiger partial charge is 0.340 e. The summed E-state index contributed by atoms with van der Waals surface area (Å²) < 4.78 is 12.9. The van der Waals surface area contributed by atoms with Crippen LogP contribution in [0.3, 0.4) is 0 Å². The van der Waals surface area contributed by atoms with E-state index in [2.05, 4.69) is 55.4 Å². The summed E-state index contributed by atoms with van der Waals surface area (Å²) in [6, 6.07) is 28.1. The van der Waals surface area contributed by atoms with Crippen LogP contribution in [0, 0.1) is 6.92 Å². The molecule has 0 amide bonds. The van der Waals surface area contributed by atoms with Crippen LogP contribution in [0.5, 0.6) is 11.5 Å². The molecule has 2 heterocycles. The van der Waals surface area contributed by atoms with E-state index >= 15 is 0 Å². The molecule has 1 spiro atoms. The SMILES string of the molecule is CCCCCN(C)c1ccc2c(c1)Oc1cc(C)c(Nc3ccccc3)cc1C21OC(=O)c2ccccc21. The van der Waals surface area contributed by atoms with Gasteiger partial charge in [0.05, 0.1) is 5.56 Å². The monoisotopic (exact) mass is 504 g/mol. The van der Waals surface area contributed by atoms with Crippen LogP contribution in [-0.2, 0) is 10.3 Å². The minimum Gasteiger partial charge on any atom is -0.456 e. The number of hydrogen-bond acceptors (Lipinski definition) is 5. The highest BCUT2D eigenvalue weighted by molar-refractivity contribution is 5.97. The average Bonchev–Trinajstić information content (AvgIpc) is 3.23. The molecule has 2 aliphatic heterocycles. The molecule has 38 heavy (non-hydrogen) atoms. The van der Waals surface area contributed by atoms with Crippen LogP contribution in [0.1, 0.15) is 58.8 Å². The van der Waals surface area contributed by atoms with Gasteiger partial charge in [-0.2, -0.15) is 0 Å². The molecule has 0 aliphatic carbocycles. The van der Waals surface area contributed by atoms with E-state index < -0.39 is 5.60 Å². The topological polar surface area (TPSA) is 50.8 Å². The van der Waals surface area contributed by atoms with Crippen LogP contribution >= 0.6 is 0 Å². The van der Waals surface area contributed by atoms with Gasteiger partial charge in [0.15, 0.2) is 5.60 Å². The van der Waals surface area contributed by atoms with Crippen molar-refractivity contribution in [2.75, 3.05) is 23.8 Å². The third-order valence-corrected chi connectivity index (χ3v) is 7.63. The Morgan fingerprint density at radius 1 is 0.842 bits per heavy atom. The zero-order chi connectivity index (χ0) is 26.3. The number of benzene rings is 4. The molecular formula is C33H32N2O3. The molecule has 5 nitrogen and oxygen atoms in total. The lowest BCUT2D eigenvalue weighted by Crippen LogP contribution is -2.33. The molecule has 4 aromatic carbocycles. The molecule has 0 aromatic heterocycles. The second kappa shape index (κ2) is 9.56. The first-order valence-corrected chi connectivity index (χ1v) is 13.3. The van der Waals surface area contributed by atoms with Crippen LogP contribution in [0.15, 0.2) is 84.9 Å². The lowest BCUT2D eigenvalue weighted by atomic mass is 9.77. The molecule has 1 unspecified atom stereocenters. The van der Waals surface area contributed by atoms with E-state index in [4.69, 9.17) is 9.47 Å². The lowest BCUT2D eigenvalue weighted by molar-refractivity contribution is 0.0224. The number of nitrogens with one attached hydrogen (secondary N) is 1. The number of unbranched alkanes of at least 4 members (excludes halogenated alkanes) is 2. The van der Waals surface area contributed by atoms with Gasteiger partial charge in [0.1, 0.15) is 11.5 Å². The summed E-state index contributed by atoms with van der Waals surface area (Å²) in [5.41, 5.74) is 6.04. The van der Waals surface area contributed by atoms with Gasteiger partial charge in [-0.25, -0.2) is 4.79 Å². The third-order valence-electron chi connectivity index (χ3n) is 7.63. The van der Waals surface area contributed by atoms with E-state index in [0.717, 1.165) is 52.3 Å². The number of aryl methyl sites for hydroxylation is 1. The molecular weight excluding hydrogens is 472 g/mol. The second-order valence-electron chi connectivity index (χ2n) is 10.2. The van der Waals surface area contributed by atoms with Crippen molar-refractivity contribution in [3.05, 3.63) is 113 Å². The summed E-state index contributed by atoms with van der Waals surface area (Å²) >= 11 is 0. The highest BCUT2D eigenvalue weighted by Crippen LogP contribution is 2.57. The molecule has 0 bridgehead atoms. The lowest BCUT2D eigenvalue weighted by Gasteiger charge is -2.37. The van der Waals surface area contributed by atoms with E-state index in [1.54, 1.807) is 0 Å². The van der Waals surface area contributed by atoms with Crippen LogP contribution in [0.4, 0.5) is 17.1 Å². The summed E-state index contributed by atoms with van der Waals surface area (Å²) in [6.45, 7) is 5.25. The maximum atomic E-state index is 13.2. The fourth-order valence-electron chi connectivity index (χ4n) is 5.59. The molecule has 4 aromatic rings. The maximum Gasteiger partial charge on any atom is 0.340 e. The fourth-order valence-corrected chi connectivity index (χ4v) is 5.59. The van der Waals surface area contributed by atoms with E-state index in [0.29, 0.717) is 17.1 Å². The molecule has 0 fully saturated rings. The second-order valence-corrected chi connectivity index (χ2v) is 10.2. The zero-order valence-corrected chi connectivity index (χ0v) is 22.1. The number of ether oxygens (including phenoxy) is 2. The normalized spacial score (nSPS) is 16.8. The summed E-state index contributed by atoms with van der Waals surface area (Å²) in [4.78, 5) is 15.5. The van der Waals surface area contributed by atoms with Gasteiger partial charge < -0.3 is 19.7 Å². The molecule has 6 rings (SSSR count). The van der Waals surface area contributed by atoms with Crippen molar-refractivity contribution < 1.29 is 14.3 Å². The van der Waals surface area contributed by atoms with Gasteiger partial charge in [-0.15, -0.1) is 0 Å². The third kappa shape index (κ3) is 3.90. The molecule has 0 saturated heterocycles. The van der Waals surface area contributed by atoms with Crippen LogP contribution in [0.25, 0.3) is 0 Å². The van der Waals surface area contributed by atoms with Gasteiger partial charge in [-0.05, 0) is 61.4 Å². The summed E-state index contributed by atoms with van der Waals surface area (Å²) in [7, 11) is 2.11. The van der Waals surface area contributed by atoms with Crippen molar-refractivity contribution in [3.8, 4) is 11.5 Å². The van der Waals surface area contributed by atoms with Crippen LogP contribution in [-0.4, -0.2) is 19.6 Å². The van der Waals surface area contributed by atoms with Gasteiger partial charge in [-0.1, -0.05) is 56.2 Å². The minimum absolute atomic E-state index is 0.321. The van der Waals surface area contributed by atoms with Gasteiger partial charge in [0.25, 0.3) is 0 Å². The average molecular weight is 505 g/mol. The summed E-state index contributed by atoms with van der Waals surface area (Å²) in [5.74, 6) is 1.09. The first-order chi connectivity index (χ1) is 18.5. The van der Waals surface area contributed by atoms with Crippen molar-refractivity contribution in [1.29, 1.82) is 0 Å². The van der Waals surface area contributed by atoms with Gasteiger partial charge in [-0.3, -0.25) is 0 Å². The van der Waals surface area contributed by atoms with Gasteiger partial charge in [0.2, 0.25) is 0 Å². The number of rotatable bonds is 7. The Hall–Kier alpha value is -4.25. The van der Waals surface area contributed by atoms with E-state index in [9.17, 15) is 4.79 Å². The predicted molar refractivity (Wildman–Crippen MR) is 152 cm³/mol. The molecule has 0 radical (unpaired) electrons. The largest absolute Gasteiger partial charge is 0.456 e. The first kappa shape index (κ1) is 24.1. The molecule has 2 aliphatic rings. The predicted octanol–water partition coefficient (Wildman–Crippen LogP) is 7.93. The van der Waals surface area contributed by atoms with E-state index in [1.807, 2.05) is 60.7 Å². The maximum absolute atomic E-state index is 13.2. The summed E-state index contributed by atoms with van der Waals surface area (Å²) in [5, 5.41) is 3.53. The first-order valence-electron chi connectivity index (χ1n) is 13.3. The number of esters is 1. The van der Waals surface area contributed by atoms with Crippen molar-refractivity contribution in [3.63, 3.8) is 0 Å². The van der Waals surface area contributed by atoms with Crippen LogP contribution < -0.4 is 15.0 Å². The molecule has 5 heteroatoms. The number of anilines is 3. The highest BCUT2D eigenvalue weighted by Gasteiger charge is 2.53.